The highest BCUT2D eigenvalue weighted by atomic mass is 35.5. The Morgan fingerprint density at radius 1 is 1.20 bits per heavy atom. The van der Waals surface area contributed by atoms with E-state index >= 15 is 0 Å². The fourth-order valence-corrected chi connectivity index (χ4v) is 3.65. The first kappa shape index (κ1) is 18.5. The molecule has 0 radical (unpaired) electrons. The molecule has 1 unspecified atom stereocenters. The maximum Gasteiger partial charge on any atom is 0.191 e. The van der Waals surface area contributed by atoms with Crippen molar-refractivity contribution >= 4 is 17.6 Å². The standard InChI is InChI=1S/C19H29ClN4O/c1-15-6-8-24(9-7-15)19(21)22-14-18(23-10-12-25-13-11-23)16-2-4-17(20)5-3-16/h2-5,15,18H,6-14H2,1H3,(H2,21,22). The van der Waals surface area contributed by atoms with E-state index in [9.17, 15) is 0 Å². The smallest absolute Gasteiger partial charge is 0.191 e. The maximum atomic E-state index is 6.29. The van der Waals surface area contributed by atoms with Gasteiger partial charge in [0.05, 0.1) is 25.8 Å². The van der Waals surface area contributed by atoms with Gasteiger partial charge in [0.15, 0.2) is 5.96 Å². The van der Waals surface area contributed by atoms with E-state index in [1.165, 1.54) is 18.4 Å². The second-order valence-electron chi connectivity index (χ2n) is 7.08. The van der Waals surface area contributed by atoms with Crippen molar-refractivity contribution in [2.24, 2.45) is 16.6 Å². The highest BCUT2D eigenvalue weighted by Gasteiger charge is 2.23. The van der Waals surface area contributed by atoms with Crippen molar-refractivity contribution in [1.29, 1.82) is 0 Å². The molecule has 2 N–H and O–H groups in total. The summed E-state index contributed by atoms with van der Waals surface area (Å²) in [6, 6.07) is 8.30. The zero-order valence-electron chi connectivity index (χ0n) is 15.0. The molecule has 25 heavy (non-hydrogen) atoms. The molecular formula is C19H29ClN4O. The van der Waals surface area contributed by atoms with Gasteiger partial charge in [-0.15, -0.1) is 0 Å². The summed E-state index contributed by atoms with van der Waals surface area (Å²) in [5.74, 6) is 1.47. The summed E-state index contributed by atoms with van der Waals surface area (Å²) < 4.78 is 5.50. The lowest BCUT2D eigenvalue weighted by molar-refractivity contribution is 0.0179. The number of hydrogen-bond acceptors (Lipinski definition) is 3. The molecule has 5 nitrogen and oxygen atoms in total. The number of nitrogens with two attached hydrogens (primary N) is 1. The third kappa shape index (κ3) is 5.09. The quantitative estimate of drug-likeness (QED) is 0.659. The number of likely N-dealkylation sites (tertiary alicyclic amines) is 1. The Kier molecular flexibility index (Phi) is 6.57. The van der Waals surface area contributed by atoms with Crippen molar-refractivity contribution in [1.82, 2.24) is 9.80 Å². The van der Waals surface area contributed by atoms with E-state index in [0.29, 0.717) is 12.5 Å². The molecule has 2 aliphatic heterocycles. The average Bonchev–Trinajstić information content (AvgIpc) is 2.64. The average molecular weight is 365 g/mol. The van der Waals surface area contributed by atoms with E-state index in [1.54, 1.807) is 0 Å². The van der Waals surface area contributed by atoms with Crippen LogP contribution in [0.15, 0.2) is 29.3 Å². The lowest BCUT2D eigenvalue weighted by Crippen LogP contribution is -2.44. The summed E-state index contributed by atoms with van der Waals surface area (Å²) in [6.07, 6.45) is 2.39. The number of nitrogens with zero attached hydrogens (tertiary/aromatic N) is 3. The highest BCUT2D eigenvalue weighted by molar-refractivity contribution is 6.30. The second-order valence-corrected chi connectivity index (χ2v) is 7.52. The molecule has 3 rings (SSSR count). The molecule has 2 heterocycles. The van der Waals surface area contributed by atoms with Gasteiger partial charge in [0.1, 0.15) is 0 Å². The minimum Gasteiger partial charge on any atom is -0.379 e. The lowest BCUT2D eigenvalue weighted by Gasteiger charge is -2.35. The molecule has 2 aliphatic rings. The number of guanidine groups is 1. The fraction of sp³-hybridized carbons (Fsp3) is 0.632. The first-order valence-corrected chi connectivity index (χ1v) is 9.63. The largest absolute Gasteiger partial charge is 0.379 e. The summed E-state index contributed by atoms with van der Waals surface area (Å²) >= 11 is 6.06. The molecule has 6 heteroatoms. The van der Waals surface area contributed by atoms with Gasteiger partial charge in [0.2, 0.25) is 0 Å². The van der Waals surface area contributed by atoms with Crippen LogP contribution in [0.2, 0.25) is 5.02 Å². The third-order valence-electron chi connectivity index (χ3n) is 5.28. The minimum atomic E-state index is 0.212. The van der Waals surface area contributed by atoms with Crippen LogP contribution < -0.4 is 5.73 Å². The fourth-order valence-electron chi connectivity index (χ4n) is 3.52. The van der Waals surface area contributed by atoms with Crippen molar-refractivity contribution in [3.63, 3.8) is 0 Å². The third-order valence-corrected chi connectivity index (χ3v) is 5.53. The van der Waals surface area contributed by atoms with Gasteiger partial charge in [-0.05, 0) is 36.5 Å². The number of piperidine rings is 1. The molecule has 1 aromatic rings. The number of rotatable bonds is 4. The normalized spacial score (nSPS) is 22.2. The molecule has 0 aromatic heterocycles. The Bertz CT molecular complexity index is 563. The van der Waals surface area contributed by atoms with Gasteiger partial charge >= 0.3 is 0 Å². The number of hydrogen-bond donors (Lipinski definition) is 1. The van der Waals surface area contributed by atoms with Gasteiger partial charge in [-0.3, -0.25) is 9.89 Å². The number of morpholine rings is 1. The lowest BCUT2D eigenvalue weighted by atomic mass is 10.00. The predicted molar refractivity (Wildman–Crippen MR) is 103 cm³/mol. The molecule has 138 valence electrons. The molecule has 0 spiro atoms. The topological polar surface area (TPSA) is 54.1 Å². The molecule has 1 atom stereocenters. The first-order chi connectivity index (χ1) is 12.1. The summed E-state index contributed by atoms with van der Waals surface area (Å²) in [7, 11) is 0. The Balaban J connectivity index is 1.70. The van der Waals surface area contributed by atoms with Crippen molar-refractivity contribution in [3.8, 4) is 0 Å². The predicted octanol–water partition coefficient (Wildman–Crippen LogP) is 2.76. The van der Waals surface area contributed by atoms with E-state index in [2.05, 4.69) is 28.9 Å². The van der Waals surface area contributed by atoms with E-state index in [4.69, 9.17) is 27.1 Å². The molecule has 1 aromatic carbocycles. The molecule has 0 amide bonds. The first-order valence-electron chi connectivity index (χ1n) is 9.25. The molecule has 0 bridgehead atoms. The molecule has 2 saturated heterocycles. The van der Waals surface area contributed by atoms with Crippen LogP contribution in [0, 0.1) is 5.92 Å². The van der Waals surface area contributed by atoms with Crippen molar-refractivity contribution < 1.29 is 4.74 Å². The molecule has 0 saturated carbocycles. The van der Waals surface area contributed by atoms with Gasteiger partial charge in [-0.1, -0.05) is 30.7 Å². The minimum absolute atomic E-state index is 0.212. The van der Waals surface area contributed by atoms with Gasteiger partial charge in [-0.25, -0.2) is 0 Å². The number of aliphatic imine (C=N–C) groups is 1. The summed E-state index contributed by atoms with van der Waals surface area (Å²) in [4.78, 5) is 9.40. The van der Waals surface area contributed by atoms with Gasteiger partial charge in [0, 0.05) is 31.2 Å². The van der Waals surface area contributed by atoms with Crippen LogP contribution >= 0.6 is 11.6 Å². The van der Waals surface area contributed by atoms with Crippen LogP contribution in [0.5, 0.6) is 0 Å². The van der Waals surface area contributed by atoms with Crippen molar-refractivity contribution in [3.05, 3.63) is 34.9 Å². The summed E-state index contributed by atoms with van der Waals surface area (Å²) in [5, 5.41) is 0.759. The van der Waals surface area contributed by atoms with Crippen LogP contribution in [0.4, 0.5) is 0 Å². The van der Waals surface area contributed by atoms with Crippen LogP contribution in [0.1, 0.15) is 31.4 Å². The van der Waals surface area contributed by atoms with E-state index < -0.39 is 0 Å². The SMILES string of the molecule is CC1CCN(C(N)=NCC(c2ccc(Cl)cc2)N2CCOCC2)CC1. The zero-order chi connectivity index (χ0) is 17.6. The Hall–Kier alpha value is -1.30. The van der Waals surface area contributed by atoms with E-state index in [0.717, 1.165) is 50.3 Å². The van der Waals surface area contributed by atoms with Gasteiger partial charge < -0.3 is 15.4 Å². The Labute approximate surface area is 155 Å². The molecule has 2 fully saturated rings. The highest BCUT2D eigenvalue weighted by Crippen LogP contribution is 2.24. The number of halogens is 1. The van der Waals surface area contributed by atoms with Crippen LogP contribution in [-0.4, -0.2) is 61.7 Å². The zero-order valence-corrected chi connectivity index (χ0v) is 15.8. The van der Waals surface area contributed by atoms with Gasteiger partial charge in [0.25, 0.3) is 0 Å². The van der Waals surface area contributed by atoms with Crippen LogP contribution in [0.25, 0.3) is 0 Å². The Morgan fingerprint density at radius 3 is 2.48 bits per heavy atom. The summed E-state index contributed by atoms with van der Waals surface area (Å²) in [5.41, 5.74) is 7.52. The second kappa shape index (κ2) is 8.88. The van der Waals surface area contributed by atoms with Crippen molar-refractivity contribution in [2.75, 3.05) is 45.9 Å². The van der Waals surface area contributed by atoms with Crippen molar-refractivity contribution in [2.45, 2.75) is 25.8 Å². The number of benzene rings is 1. The number of ether oxygens (including phenoxy) is 1. The molecule has 0 aliphatic carbocycles. The van der Waals surface area contributed by atoms with Crippen LogP contribution in [-0.2, 0) is 4.74 Å². The van der Waals surface area contributed by atoms with Crippen LogP contribution in [0.3, 0.4) is 0 Å². The summed E-state index contributed by atoms with van der Waals surface area (Å²) in [6.45, 7) is 8.38. The van der Waals surface area contributed by atoms with E-state index in [-0.39, 0.29) is 6.04 Å². The van der Waals surface area contributed by atoms with E-state index in [1.807, 2.05) is 12.1 Å². The maximum absolute atomic E-state index is 6.29. The monoisotopic (exact) mass is 364 g/mol. The van der Waals surface area contributed by atoms with Gasteiger partial charge in [-0.2, -0.15) is 0 Å². The Morgan fingerprint density at radius 2 is 1.84 bits per heavy atom. The molecular weight excluding hydrogens is 336 g/mol.